The number of hydrogen-bond donors (Lipinski definition) is 1. The zero-order valence-electron chi connectivity index (χ0n) is 18.6. The average molecular weight is 449 g/mol. The highest BCUT2D eigenvalue weighted by atomic mass is 32.2. The Hall–Kier alpha value is -2.96. The number of benzene rings is 3. The van der Waals surface area contributed by atoms with Crippen molar-refractivity contribution in [2.45, 2.75) is 51.2 Å². The summed E-state index contributed by atoms with van der Waals surface area (Å²) in [5, 5.41) is 2.97. The Balaban J connectivity index is 1.69. The van der Waals surface area contributed by atoms with Gasteiger partial charge < -0.3 is 5.32 Å². The monoisotopic (exact) mass is 448 g/mol. The van der Waals surface area contributed by atoms with Crippen molar-refractivity contribution in [1.29, 1.82) is 0 Å². The quantitative estimate of drug-likeness (QED) is 0.641. The van der Waals surface area contributed by atoms with Crippen LogP contribution in [0.4, 0.5) is 0 Å². The lowest BCUT2D eigenvalue weighted by molar-refractivity contribution is -0.125. The molecule has 1 atom stereocenters. The van der Waals surface area contributed by atoms with E-state index in [-0.39, 0.29) is 17.3 Å². The largest absolute Gasteiger partial charge is 0.351 e. The fourth-order valence-electron chi connectivity index (χ4n) is 4.20. The van der Waals surface area contributed by atoms with Crippen molar-refractivity contribution in [2.75, 3.05) is 0 Å². The first-order valence-electron chi connectivity index (χ1n) is 10.8. The van der Waals surface area contributed by atoms with E-state index in [9.17, 15) is 13.2 Å². The van der Waals surface area contributed by atoms with E-state index in [0.717, 1.165) is 27.8 Å². The van der Waals surface area contributed by atoms with E-state index in [1.54, 1.807) is 13.0 Å². The second-order valence-electron chi connectivity index (χ2n) is 8.45. The maximum atomic E-state index is 13.8. The first-order valence-corrected chi connectivity index (χ1v) is 12.2. The number of carbonyl (C=O) groups excluding carboxylic acids is 1. The molecule has 166 valence electrons. The molecule has 0 aliphatic carbocycles. The van der Waals surface area contributed by atoms with Gasteiger partial charge in [0.05, 0.1) is 4.90 Å². The second kappa shape index (κ2) is 8.88. The van der Waals surface area contributed by atoms with E-state index in [4.69, 9.17) is 0 Å². The van der Waals surface area contributed by atoms with E-state index in [1.165, 1.54) is 4.31 Å². The van der Waals surface area contributed by atoms with Gasteiger partial charge in [0, 0.05) is 13.1 Å². The molecule has 1 amide bonds. The van der Waals surface area contributed by atoms with Gasteiger partial charge in [-0.2, -0.15) is 4.31 Å². The molecule has 32 heavy (non-hydrogen) atoms. The lowest BCUT2D eigenvalue weighted by Gasteiger charge is -2.35. The molecule has 0 saturated heterocycles. The molecule has 1 heterocycles. The predicted octanol–water partition coefficient (Wildman–Crippen LogP) is 4.04. The van der Waals surface area contributed by atoms with Crippen LogP contribution < -0.4 is 5.32 Å². The van der Waals surface area contributed by atoms with Crippen LogP contribution in [0, 0.1) is 20.8 Å². The van der Waals surface area contributed by atoms with Crippen LogP contribution >= 0.6 is 0 Å². The van der Waals surface area contributed by atoms with Gasteiger partial charge in [-0.15, -0.1) is 0 Å². The molecule has 1 N–H and O–H groups in total. The summed E-state index contributed by atoms with van der Waals surface area (Å²) in [7, 11) is -3.87. The molecule has 1 aliphatic heterocycles. The second-order valence-corrected chi connectivity index (χ2v) is 10.3. The van der Waals surface area contributed by atoms with Crippen molar-refractivity contribution in [1.82, 2.24) is 9.62 Å². The van der Waals surface area contributed by atoms with E-state index in [0.29, 0.717) is 18.5 Å². The number of rotatable bonds is 5. The molecule has 1 aliphatic rings. The Morgan fingerprint density at radius 1 is 0.938 bits per heavy atom. The summed E-state index contributed by atoms with van der Waals surface area (Å²) >= 11 is 0. The van der Waals surface area contributed by atoms with Crippen LogP contribution in [0.25, 0.3) is 0 Å². The van der Waals surface area contributed by atoms with Gasteiger partial charge in [0.15, 0.2) is 0 Å². The van der Waals surface area contributed by atoms with Gasteiger partial charge in [-0.1, -0.05) is 60.7 Å². The maximum absolute atomic E-state index is 13.8. The van der Waals surface area contributed by atoms with Crippen LogP contribution in [-0.4, -0.2) is 24.7 Å². The fraction of sp³-hybridized carbons (Fsp3) is 0.269. The van der Waals surface area contributed by atoms with Crippen molar-refractivity contribution in [3.8, 4) is 0 Å². The highest BCUT2D eigenvalue weighted by Gasteiger charge is 2.40. The van der Waals surface area contributed by atoms with Crippen LogP contribution in [0.1, 0.15) is 33.4 Å². The number of fused-ring (bicyclic) bond motifs is 1. The molecular weight excluding hydrogens is 420 g/mol. The number of nitrogens with zero attached hydrogens (tertiary/aromatic N) is 1. The van der Waals surface area contributed by atoms with Gasteiger partial charge in [-0.25, -0.2) is 8.42 Å². The summed E-state index contributed by atoms with van der Waals surface area (Å²) in [6.45, 7) is 6.19. The minimum Gasteiger partial charge on any atom is -0.351 e. The third-order valence-electron chi connectivity index (χ3n) is 6.15. The molecule has 0 radical (unpaired) electrons. The first-order chi connectivity index (χ1) is 15.3. The molecular formula is C26H28N2O3S. The lowest BCUT2D eigenvalue weighted by Crippen LogP contribution is -2.52. The maximum Gasteiger partial charge on any atom is 0.244 e. The van der Waals surface area contributed by atoms with E-state index < -0.39 is 16.1 Å². The predicted molar refractivity (Wildman–Crippen MR) is 126 cm³/mol. The normalized spacial score (nSPS) is 16.4. The third kappa shape index (κ3) is 4.33. The number of nitrogens with one attached hydrogen (secondary N) is 1. The number of hydrogen-bond acceptors (Lipinski definition) is 3. The Morgan fingerprint density at radius 2 is 1.62 bits per heavy atom. The van der Waals surface area contributed by atoms with Gasteiger partial charge in [0.2, 0.25) is 15.9 Å². The van der Waals surface area contributed by atoms with E-state index >= 15 is 0 Å². The molecule has 0 saturated carbocycles. The molecule has 4 rings (SSSR count). The van der Waals surface area contributed by atoms with Crippen molar-refractivity contribution < 1.29 is 13.2 Å². The van der Waals surface area contributed by atoms with Crippen LogP contribution in [0.3, 0.4) is 0 Å². The molecule has 6 heteroatoms. The highest BCUT2D eigenvalue weighted by molar-refractivity contribution is 7.89. The Labute approximate surface area is 190 Å². The van der Waals surface area contributed by atoms with Crippen LogP contribution in [0.5, 0.6) is 0 Å². The summed E-state index contributed by atoms with van der Waals surface area (Å²) in [4.78, 5) is 13.6. The topological polar surface area (TPSA) is 66.5 Å². The Kier molecular flexibility index (Phi) is 6.17. The van der Waals surface area contributed by atoms with E-state index in [2.05, 4.69) is 5.32 Å². The smallest absolute Gasteiger partial charge is 0.244 e. The van der Waals surface area contributed by atoms with E-state index in [1.807, 2.05) is 74.5 Å². The van der Waals surface area contributed by atoms with Gasteiger partial charge >= 0.3 is 0 Å². The van der Waals surface area contributed by atoms with Crippen molar-refractivity contribution in [3.63, 3.8) is 0 Å². The summed E-state index contributed by atoms with van der Waals surface area (Å²) in [5.74, 6) is -0.281. The van der Waals surface area contributed by atoms with Crippen molar-refractivity contribution >= 4 is 15.9 Å². The zero-order valence-corrected chi connectivity index (χ0v) is 19.4. The average Bonchev–Trinajstić information content (AvgIpc) is 2.79. The minimum atomic E-state index is -3.87. The van der Waals surface area contributed by atoms with Crippen molar-refractivity contribution in [2.24, 2.45) is 0 Å². The van der Waals surface area contributed by atoms with Crippen LogP contribution in [-0.2, 0) is 34.3 Å². The summed E-state index contributed by atoms with van der Waals surface area (Å²) < 4.78 is 28.9. The van der Waals surface area contributed by atoms with Gasteiger partial charge in [-0.05, 0) is 66.6 Å². The first kappa shape index (κ1) is 22.2. The summed E-state index contributed by atoms with van der Waals surface area (Å²) in [6, 6.07) is 20.2. The molecule has 0 aromatic heterocycles. The van der Waals surface area contributed by atoms with Crippen LogP contribution in [0.15, 0.2) is 71.6 Å². The lowest BCUT2D eigenvalue weighted by atomic mass is 9.95. The number of sulfonamides is 1. The SMILES string of the molecule is Cc1ccc(C)c(S(=O)(=O)N2Cc3ccccc3C[C@@H]2C(=O)NCc2ccccc2C)c1. The Morgan fingerprint density at radius 3 is 2.38 bits per heavy atom. The van der Waals surface area contributed by atoms with Gasteiger partial charge in [0.25, 0.3) is 0 Å². The standard InChI is InChI=1S/C26H28N2O3S/c1-18-12-13-20(3)25(14-18)32(30,31)28-17-23-11-7-6-9-21(23)15-24(28)26(29)27-16-22-10-5-4-8-19(22)2/h4-14,24H,15-17H2,1-3H3,(H,27,29)/t24-/m1/s1. The number of amides is 1. The summed E-state index contributed by atoms with van der Waals surface area (Å²) in [5.41, 5.74) is 5.59. The third-order valence-corrected chi connectivity index (χ3v) is 8.15. The molecule has 0 bridgehead atoms. The number of aryl methyl sites for hydroxylation is 3. The molecule has 0 unspecified atom stereocenters. The van der Waals surface area contributed by atoms with Gasteiger partial charge in [-0.3, -0.25) is 4.79 Å². The Bertz CT molecular complexity index is 1270. The highest BCUT2D eigenvalue weighted by Crippen LogP contribution is 2.31. The molecule has 0 spiro atoms. The number of carbonyl (C=O) groups is 1. The molecule has 0 fully saturated rings. The van der Waals surface area contributed by atoms with Crippen molar-refractivity contribution in [3.05, 3.63) is 100 Å². The fourth-order valence-corrected chi connectivity index (χ4v) is 6.07. The molecule has 5 nitrogen and oxygen atoms in total. The summed E-state index contributed by atoms with van der Waals surface area (Å²) in [6.07, 6.45) is 0.347. The van der Waals surface area contributed by atoms with Crippen LogP contribution in [0.2, 0.25) is 0 Å². The zero-order chi connectivity index (χ0) is 22.9. The molecule has 3 aromatic rings. The molecule has 3 aromatic carbocycles. The minimum absolute atomic E-state index is 0.175. The van der Waals surface area contributed by atoms with Gasteiger partial charge in [0.1, 0.15) is 6.04 Å².